The molecule has 5 aromatic heterocycles. The zero-order valence-electron chi connectivity index (χ0n) is 44.9. The van der Waals surface area contributed by atoms with Gasteiger partial charge >= 0.3 is 0 Å². The number of piperazine rings is 2. The Bertz CT molecular complexity index is 3530. The van der Waals surface area contributed by atoms with Crippen LogP contribution >= 0.6 is 0 Å². The van der Waals surface area contributed by atoms with Crippen molar-refractivity contribution in [3.63, 3.8) is 0 Å². The van der Waals surface area contributed by atoms with E-state index in [2.05, 4.69) is 73.0 Å². The number of anilines is 2. The number of hydrogen-bond acceptors (Lipinski definition) is 16. The van der Waals surface area contributed by atoms with Crippen molar-refractivity contribution in [3.05, 3.63) is 128 Å². The minimum atomic E-state index is 0.267. The molecule has 0 spiro atoms. The number of nitrogen functional groups attached to an aromatic ring is 2. The van der Waals surface area contributed by atoms with E-state index in [1.54, 1.807) is 30.9 Å². The highest BCUT2D eigenvalue weighted by Gasteiger charge is 2.33. The van der Waals surface area contributed by atoms with Gasteiger partial charge in [0.1, 0.15) is 64.5 Å². The summed E-state index contributed by atoms with van der Waals surface area (Å²) in [5.41, 5.74) is 19.1. The van der Waals surface area contributed by atoms with E-state index in [-0.39, 0.29) is 12.1 Å². The number of aromatic nitrogens is 10. The molecule has 0 radical (unpaired) electrons. The number of likely N-dealkylation sites (N-methyl/N-ethyl adjacent to an activating group) is 2. The van der Waals surface area contributed by atoms with Crippen molar-refractivity contribution in [1.29, 1.82) is 0 Å². The molecule has 9 aromatic rings. The first kappa shape index (κ1) is 51.6. The molecule has 2 saturated heterocycles. The van der Waals surface area contributed by atoms with Crippen molar-refractivity contribution in [3.8, 4) is 56.9 Å². The molecule has 0 bridgehead atoms. The zero-order chi connectivity index (χ0) is 53.8. The maximum absolute atomic E-state index is 11.4. The van der Waals surface area contributed by atoms with Crippen molar-refractivity contribution in [2.45, 2.75) is 75.5 Å². The van der Waals surface area contributed by atoms with E-state index in [1.165, 1.54) is 19.2 Å². The normalized spacial score (nSPS) is 20.7. The van der Waals surface area contributed by atoms with Gasteiger partial charge in [-0.3, -0.25) is 14.6 Å². The van der Waals surface area contributed by atoms with Gasteiger partial charge in [-0.1, -0.05) is 48.5 Å². The van der Waals surface area contributed by atoms with Crippen molar-refractivity contribution in [1.82, 2.24) is 69.1 Å². The maximum atomic E-state index is 11.4. The van der Waals surface area contributed by atoms with E-state index in [9.17, 15) is 4.79 Å². The van der Waals surface area contributed by atoms with Crippen LogP contribution < -0.4 is 20.9 Å². The molecule has 19 nitrogen and oxygen atoms in total. The van der Waals surface area contributed by atoms with Crippen LogP contribution in [0.3, 0.4) is 0 Å². The number of H-pyrrole nitrogens is 1. The number of nitrogens with one attached hydrogen (secondary N) is 1. The van der Waals surface area contributed by atoms with Gasteiger partial charge in [0.2, 0.25) is 0 Å². The predicted molar refractivity (Wildman–Crippen MR) is 307 cm³/mol. The van der Waals surface area contributed by atoms with Crippen molar-refractivity contribution < 1.29 is 14.3 Å². The lowest BCUT2D eigenvalue weighted by Crippen LogP contribution is -2.49. The Labute approximate surface area is 459 Å². The summed E-state index contributed by atoms with van der Waals surface area (Å²) in [6, 6.07) is 32.5. The standard InChI is InChI=1S/C31H35N9O.C29H33N7O2/c1-38-15-17-39(18-16-38)22-9-11-23(12-10-22)40-31-27(29(32)35-20-36-31)28(37-40)21-5-4-6-24(19-21)41-26-8-3-2-7-25(26)30-33-13-14-34-30;1-34-13-15-35(16-14-34)22-9-11-23(12-10-22)36-29-26(28(30)31-19-32-29)27(33-36)20-6-4-7-24(17-20)38-25-8-3-2-5-21(25)18-37/h2-8,13-14,19-20,22-23H,9-12,15-18H2,1H3,(H,33,34)(H2,32,35,36);2-8,17-19,22-23H,9-16H2,1H3,(H2,30,31,32)/t2*22-,23+. The van der Waals surface area contributed by atoms with Crippen molar-refractivity contribution in [2.75, 3.05) is 77.9 Å². The number of nitrogens with zero attached hydrogens (tertiary/aromatic N) is 13. The Balaban J connectivity index is 0.000000158. The smallest absolute Gasteiger partial charge is 0.164 e. The average Bonchev–Trinajstić information content (AvgIpc) is 4.48. The fraction of sp³-hybridized carbons (Fsp3) is 0.367. The van der Waals surface area contributed by atoms with Gasteiger partial charge in [0.25, 0.3) is 0 Å². The van der Waals surface area contributed by atoms with E-state index >= 15 is 0 Å². The molecule has 7 heterocycles. The second kappa shape index (κ2) is 23.1. The molecular weight excluding hydrogens is 993 g/mol. The summed E-state index contributed by atoms with van der Waals surface area (Å²) in [5, 5.41) is 11.8. The molecule has 0 unspecified atom stereocenters. The lowest BCUT2D eigenvalue weighted by atomic mass is 9.90. The van der Waals surface area contributed by atoms with Gasteiger partial charge in [-0.05, 0) is 114 Å². The number of rotatable bonds is 12. The van der Waals surface area contributed by atoms with Crippen LogP contribution in [0.25, 0.3) is 56.0 Å². The quantitative estimate of drug-likeness (QED) is 0.0971. The first-order valence-corrected chi connectivity index (χ1v) is 27.8. The lowest BCUT2D eigenvalue weighted by molar-refractivity contribution is 0.0815. The second-order valence-corrected chi connectivity index (χ2v) is 21.5. The minimum Gasteiger partial charge on any atom is -0.457 e. The first-order chi connectivity index (χ1) is 38.7. The Morgan fingerprint density at radius 3 is 1.49 bits per heavy atom. The summed E-state index contributed by atoms with van der Waals surface area (Å²) >= 11 is 0. The van der Waals surface area contributed by atoms with Crippen LogP contribution in [-0.2, 0) is 0 Å². The summed E-state index contributed by atoms with van der Waals surface area (Å²) in [5.74, 6) is 4.16. The molecule has 19 heteroatoms. The predicted octanol–water partition coefficient (Wildman–Crippen LogP) is 9.40. The van der Waals surface area contributed by atoms with Crippen LogP contribution in [0.2, 0.25) is 0 Å². The van der Waals surface area contributed by atoms with Crippen LogP contribution in [0.4, 0.5) is 11.6 Å². The van der Waals surface area contributed by atoms with Gasteiger partial charge < -0.3 is 35.7 Å². The number of carbonyl (C=O) groups is 1. The molecule has 406 valence electrons. The third kappa shape index (κ3) is 11.0. The van der Waals surface area contributed by atoms with Crippen LogP contribution in [0.15, 0.2) is 122 Å². The SMILES string of the molecule is CN1CCN([C@H]2CC[C@@H](n3nc(-c4cccc(Oc5ccccc5-c5ncc[nH]5)c4)c4c(N)ncnc43)CC2)CC1.CN1CCN([C@H]2CC[C@@H](n3nc(-c4cccc(Oc5ccccc5C=O)c4)c4c(N)ncnc43)CC2)CC1. The molecule has 0 amide bonds. The monoisotopic (exact) mass is 1060 g/mol. The molecule has 2 aliphatic heterocycles. The summed E-state index contributed by atoms with van der Waals surface area (Å²) in [7, 11) is 4.41. The molecule has 4 aliphatic rings. The van der Waals surface area contributed by atoms with E-state index in [4.69, 9.17) is 31.1 Å². The number of para-hydroxylation sites is 2. The molecule has 4 fully saturated rings. The second-order valence-electron chi connectivity index (χ2n) is 21.5. The Morgan fingerprint density at radius 1 is 0.532 bits per heavy atom. The Hall–Kier alpha value is -8.10. The van der Waals surface area contributed by atoms with Gasteiger partial charge in [0, 0.05) is 88.0 Å². The van der Waals surface area contributed by atoms with Gasteiger partial charge in [0.05, 0.1) is 34.0 Å². The zero-order valence-corrected chi connectivity index (χ0v) is 44.9. The number of benzene rings is 4. The van der Waals surface area contributed by atoms with Gasteiger partial charge in [-0.2, -0.15) is 10.2 Å². The number of ether oxygens (including phenoxy) is 2. The molecule has 2 saturated carbocycles. The highest BCUT2D eigenvalue weighted by atomic mass is 16.5. The fourth-order valence-corrected chi connectivity index (χ4v) is 12.1. The van der Waals surface area contributed by atoms with Gasteiger partial charge in [-0.15, -0.1) is 0 Å². The first-order valence-electron chi connectivity index (χ1n) is 27.8. The van der Waals surface area contributed by atoms with E-state index in [0.29, 0.717) is 46.5 Å². The summed E-state index contributed by atoms with van der Waals surface area (Å²) in [6.07, 6.45) is 16.3. The minimum absolute atomic E-state index is 0.267. The number of fused-ring (bicyclic) bond motifs is 2. The summed E-state index contributed by atoms with van der Waals surface area (Å²) in [6.45, 7) is 9.23. The maximum Gasteiger partial charge on any atom is 0.164 e. The fourth-order valence-electron chi connectivity index (χ4n) is 12.1. The van der Waals surface area contributed by atoms with E-state index in [1.807, 2.05) is 84.9 Å². The third-order valence-corrected chi connectivity index (χ3v) is 16.5. The molecule has 13 rings (SSSR count). The van der Waals surface area contributed by atoms with Gasteiger partial charge in [0.15, 0.2) is 17.6 Å². The highest BCUT2D eigenvalue weighted by molar-refractivity contribution is 5.99. The molecule has 4 aromatic carbocycles. The molecule has 79 heavy (non-hydrogen) atoms. The van der Waals surface area contributed by atoms with Crippen molar-refractivity contribution >= 4 is 40.0 Å². The highest BCUT2D eigenvalue weighted by Crippen LogP contribution is 2.41. The molecule has 0 atom stereocenters. The third-order valence-electron chi connectivity index (χ3n) is 16.5. The molecular formula is C60H68N16O3. The number of imidazole rings is 1. The van der Waals surface area contributed by atoms with Crippen LogP contribution in [0.1, 0.15) is 73.8 Å². The van der Waals surface area contributed by atoms with E-state index < -0.39 is 0 Å². The number of hydrogen-bond donors (Lipinski definition) is 3. The average molecular weight is 1060 g/mol. The van der Waals surface area contributed by atoms with Crippen molar-refractivity contribution in [2.24, 2.45) is 0 Å². The van der Waals surface area contributed by atoms with Gasteiger partial charge in [-0.25, -0.2) is 34.3 Å². The lowest BCUT2D eigenvalue weighted by Gasteiger charge is -2.41. The summed E-state index contributed by atoms with van der Waals surface area (Å²) < 4.78 is 16.6. The number of aromatic amines is 1. The summed E-state index contributed by atoms with van der Waals surface area (Å²) in [4.78, 5) is 47.1. The molecule has 5 N–H and O–H groups in total. The number of carbonyl (C=O) groups excluding carboxylic acids is 1. The van der Waals surface area contributed by atoms with Crippen LogP contribution in [0, 0.1) is 0 Å². The number of nitrogens with two attached hydrogens (primary N) is 2. The molecule has 2 aliphatic carbocycles. The largest absolute Gasteiger partial charge is 0.457 e. The van der Waals surface area contributed by atoms with Crippen LogP contribution in [0.5, 0.6) is 23.0 Å². The topological polar surface area (TPSA) is 216 Å². The Kier molecular flexibility index (Phi) is 15.1. The Morgan fingerprint density at radius 2 is 1.00 bits per heavy atom. The van der Waals surface area contributed by atoms with E-state index in [0.717, 1.165) is 159 Å². The van der Waals surface area contributed by atoms with Crippen LogP contribution in [-0.4, -0.2) is 154 Å². The number of aldehydes is 1.